The van der Waals surface area contributed by atoms with Crippen LogP contribution >= 0.6 is 0 Å². The molecule has 1 aliphatic rings. The van der Waals surface area contributed by atoms with Crippen molar-refractivity contribution in [3.63, 3.8) is 0 Å². The highest BCUT2D eigenvalue weighted by Gasteiger charge is 2.30. The van der Waals surface area contributed by atoms with Gasteiger partial charge in [-0.05, 0) is 44.2 Å². The Balaban J connectivity index is 1.59. The molecule has 0 spiro atoms. The fraction of sp³-hybridized carbons (Fsp3) is 0.458. The predicted molar refractivity (Wildman–Crippen MR) is 113 cm³/mol. The Morgan fingerprint density at radius 2 is 1.77 bits per heavy atom. The number of carbonyl (C=O) groups is 3. The number of esters is 1. The molecule has 0 aliphatic heterocycles. The van der Waals surface area contributed by atoms with Gasteiger partial charge < -0.3 is 14.5 Å². The number of carbonyl (C=O) groups excluding carboxylic acids is 3. The average Bonchev–Trinajstić information content (AvgIpc) is 3.22. The summed E-state index contributed by atoms with van der Waals surface area (Å²) in [6, 6.07) is 10.2. The van der Waals surface area contributed by atoms with Crippen LogP contribution in [0.1, 0.15) is 67.9 Å². The van der Waals surface area contributed by atoms with Gasteiger partial charge in [-0.25, -0.2) is 4.79 Å². The van der Waals surface area contributed by atoms with E-state index in [-0.39, 0.29) is 23.5 Å². The van der Waals surface area contributed by atoms with Crippen LogP contribution in [0.2, 0.25) is 0 Å². The summed E-state index contributed by atoms with van der Waals surface area (Å²) in [5, 5.41) is 3.03. The molecule has 0 unspecified atom stereocenters. The third-order valence-electron chi connectivity index (χ3n) is 6.07. The molecule has 1 N–H and O–H groups in total. The summed E-state index contributed by atoms with van der Waals surface area (Å²) < 4.78 is 10.9. The van der Waals surface area contributed by atoms with Crippen molar-refractivity contribution in [2.75, 3.05) is 0 Å². The second-order valence-corrected chi connectivity index (χ2v) is 8.23. The van der Waals surface area contributed by atoms with Crippen LogP contribution in [0.4, 0.5) is 0 Å². The lowest BCUT2D eigenvalue weighted by Gasteiger charge is -2.35. The van der Waals surface area contributed by atoms with Gasteiger partial charge in [0.2, 0.25) is 5.76 Å². The maximum atomic E-state index is 12.5. The van der Waals surface area contributed by atoms with E-state index in [0.29, 0.717) is 23.2 Å². The Morgan fingerprint density at radius 1 is 1.07 bits per heavy atom. The van der Waals surface area contributed by atoms with Crippen LogP contribution in [-0.4, -0.2) is 29.8 Å². The van der Waals surface area contributed by atoms with Crippen molar-refractivity contribution >= 4 is 17.7 Å². The van der Waals surface area contributed by atoms with E-state index < -0.39 is 12.1 Å². The summed E-state index contributed by atoms with van der Waals surface area (Å²) in [5.74, 6) is 0.476. The zero-order chi connectivity index (χ0) is 21.8. The van der Waals surface area contributed by atoms with Crippen molar-refractivity contribution in [1.29, 1.82) is 0 Å². The van der Waals surface area contributed by atoms with E-state index in [1.54, 1.807) is 37.3 Å². The minimum absolute atomic E-state index is 0.0189. The number of amides is 1. The monoisotopic (exact) mass is 411 g/mol. The fourth-order valence-electron chi connectivity index (χ4n) is 3.83. The van der Waals surface area contributed by atoms with Crippen LogP contribution < -0.4 is 5.32 Å². The average molecular weight is 411 g/mol. The van der Waals surface area contributed by atoms with Crippen molar-refractivity contribution in [2.24, 2.45) is 11.8 Å². The molecule has 0 saturated heterocycles. The van der Waals surface area contributed by atoms with Crippen molar-refractivity contribution in [3.8, 4) is 11.3 Å². The van der Waals surface area contributed by atoms with Gasteiger partial charge >= 0.3 is 5.97 Å². The number of rotatable bonds is 6. The molecule has 1 aromatic heterocycles. The van der Waals surface area contributed by atoms with Crippen LogP contribution in [0.15, 0.2) is 40.8 Å². The highest BCUT2D eigenvalue weighted by molar-refractivity contribution is 5.94. The van der Waals surface area contributed by atoms with Crippen LogP contribution in [0.25, 0.3) is 11.3 Å². The standard InChI is InChI=1S/C24H29NO5/c1-14-6-5-7-20(15(14)2)25-23(27)17(4)29-24(28)22-13-12-21(30-22)19-10-8-18(9-11-19)16(3)26/h8-15,17,20H,5-7H2,1-4H3,(H,25,27)/t14-,15-,17-,20+/m1/s1. The SMILES string of the molecule is CC(=O)c1ccc(-c2ccc(C(=O)O[C@H](C)C(=O)N[C@H]3CCC[C@@H](C)[C@H]3C)o2)cc1. The number of nitrogens with one attached hydrogen (secondary N) is 1. The lowest BCUT2D eigenvalue weighted by Crippen LogP contribution is -2.47. The minimum atomic E-state index is -0.912. The highest BCUT2D eigenvalue weighted by atomic mass is 16.6. The van der Waals surface area contributed by atoms with E-state index in [1.807, 2.05) is 0 Å². The smallest absolute Gasteiger partial charge is 0.375 e. The first-order chi connectivity index (χ1) is 14.3. The van der Waals surface area contributed by atoms with Crippen molar-refractivity contribution in [1.82, 2.24) is 5.32 Å². The van der Waals surface area contributed by atoms with Gasteiger partial charge in [0.05, 0.1) is 0 Å². The van der Waals surface area contributed by atoms with Crippen LogP contribution in [0.5, 0.6) is 0 Å². The molecule has 30 heavy (non-hydrogen) atoms. The third-order valence-corrected chi connectivity index (χ3v) is 6.07. The number of furan rings is 1. The number of hydrogen-bond acceptors (Lipinski definition) is 5. The normalized spacial score (nSPS) is 22.2. The topological polar surface area (TPSA) is 85.6 Å². The molecule has 1 aromatic carbocycles. The molecule has 160 valence electrons. The molecule has 6 heteroatoms. The van der Waals surface area contributed by atoms with E-state index in [4.69, 9.17) is 9.15 Å². The molecule has 6 nitrogen and oxygen atoms in total. The molecule has 0 bridgehead atoms. The summed E-state index contributed by atoms with van der Waals surface area (Å²) in [6.07, 6.45) is 2.30. The third kappa shape index (κ3) is 4.99. The Labute approximate surface area is 177 Å². The highest BCUT2D eigenvalue weighted by Crippen LogP contribution is 2.29. The van der Waals surface area contributed by atoms with Crippen LogP contribution in [0.3, 0.4) is 0 Å². The van der Waals surface area contributed by atoms with Gasteiger partial charge in [0.25, 0.3) is 5.91 Å². The van der Waals surface area contributed by atoms with Gasteiger partial charge in [-0.2, -0.15) is 0 Å². The van der Waals surface area contributed by atoms with Crippen LogP contribution in [0, 0.1) is 11.8 Å². The number of Topliss-reactive ketones (excluding diaryl/α,β-unsaturated/α-hetero) is 1. The van der Waals surface area contributed by atoms with Gasteiger partial charge in [-0.1, -0.05) is 51.0 Å². The van der Waals surface area contributed by atoms with Crippen LogP contribution in [-0.2, 0) is 9.53 Å². The maximum absolute atomic E-state index is 12.5. The largest absolute Gasteiger partial charge is 0.449 e. The molecule has 1 fully saturated rings. The molecule has 1 saturated carbocycles. The fourth-order valence-corrected chi connectivity index (χ4v) is 3.83. The Morgan fingerprint density at radius 3 is 2.43 bits per heavy atom. The molecule has 1 amide bonds. The second-order valence-electron chi connectivity index (χ2n) is 8.23. The summed E-state index contributed by atoms with van der Waals surface area (Å²) in [5.41, 5.74) is 1.34. The van der Waals surface area contributed by atoms with Crippen molar-refractivity contribution < 1.29 is 23.5 Å². The molecule has 1 heterocycles. The first kappa shape index (κ1) is 21.8. The van der Waals surface area contributed by atoms with Gasteiger partial charge in [0, 0.05) is 17.2 Å². The molecule has 4 atom stereocenters. The Kier molecular flexibility index (Phi) is 6.75. The quantitative estimate of drug-likeness (QED) is 0.553. The Hall–Kier alpha value is -2.89. The summed E-state index contributed by atoms with van der Waals surface area (Å²) in [4.78, 5) is 36.3. The maximum Gasteiger partial charge on any atom is 0.375 e. The number of benzene rings is 1. The lowest BCUT2D eigenvalue weighted by atomic mass is 9.78. The summed E-state index contributed by atoms with van der Waals surface area (Å²) in [7, 11) is 0. The van der Waals surface area contributed by atoms with E-state index in [1.165, 1.54) is 19.4 Å². The molecule has 0 radical (unpaired) electrons. The van der Waals surface area contributed by atoms with Crippen molar-refractivity contribution in [3.05, 3.63) is 47.7 Å². The van der Waals surface area contributed by atoms with E-state index in [9.17, 15) is 14.4 Å². The second kappa shape index (κ2) is 9.28. The summed E-state index contributed by atoms with van der Waals surface area (Å²) >= 11 is 0. The van der Waals surface area contributed by atoms with Gasteiger partial charge in [0.15, 0.2) is 11.9 Å². The van der Waals surface area contributed by atoms with Gasteiger partial charge in [-0.3, -0.25) is 9.59 Å². The molecule has 3 rings (SSSR count). The number of ketones is 1. The first-order valence-corrected chi connectivity index (χ1v) is 10.5. The van der Waals surface area contributed by atoms with Gasteiger partial charge in [0.1, 0.15) is 5.76 Å². The first-order valence-electron chi connectivity index (χ1n) is 10.5. The van der Waals surface area contributed by atoms with E-state index in [2.05, 4.69) is 19.2 Å². The lowest BCUT2D eigenvalue weighted by molar-refractivity contribution is -0.130. The van der Waals surface area contributed by atoms with E-state index in [0.717, 1.165) is 18.4 Å². The predicted octanol–water partition coefficient (Wildman–Crippen LogP) is 4.64. The zero-order valence-electron chi connectivity index (χ0n) is 17.9. The van der Waals surface area contributed by atoms with Gasteiger partial charge in [-0.15, -0.1) is 0 Å². The molecule has 1 aliphatic carbocycles. The summed E-state index contributed by atoms with van der Waals surface area (Å²) in [6.45, 7) is 7.42. The van der Waals surface area contributed by atoms with E-state index >= 15 is 0 Å². The number of hydrogen-bond donors (Lipinski definition) is 1. The van der Waals surface area contributed by atoms with Crippen molar-refractivity contribution in [2.45, 2.75) is 59.1 Å². The Bertz CT molecular complexity index is 914. The molecular formula is C24H29NO5. The zero-order valence-corrected chi connectivity index (χ0v) is 17.9. The number of ether oxygens (including phenoxy) is 1. The molecular weight excluding hydrogens is 382 g/mol. The molecule has 2 aromatic rings. The minimum Gasteiger partial charge on any atom is -0.449 e.